The van der Waals surface area contributed by atoms with Gasteiger partial charge in [-0.05, 0) is 19.3 Å². The third-order valence-corrected chi connectivity index (χ3v) is 5.78. The van der Waals surface area contributed by atoms with Crippen molar-refractivity contribution >= 4 is 41.5 Å². The topological polar surface area (TPSA) is 96.5 Å². The summed E-state index contributed by atoms with van der Waals surface area (Å²) in [6.45, 7) is 3.49. The molecule has 0 radical (unpaired) electrons. The van der Waals surface area contributed by atoms with E-state index < -0.39 is 0 Å². The maximum Gasteiger partial charge on any atom is 0.246 e. The summed E-state index contributed by atoms with van der Waals surface area (Å²) < 4.78 is 4.02. The molecule has 0 aliphatic carbocycles. The first-order valence-electron chi connectivity index (χ1n) is 10.8. The molecule has 1 saturated heterocycles. The molecule has 10 nitrogen and oxygen atoms in total. The fourth-order valence-electron chi connectivity index (χ4n) is 4.18. The number of halogens is 1. The van der Waals surface area contributed by atoms with Crippen LogP contribution in [0.1, 0.15) is 37.3 Å². The average molecular weight is 541 g/mol. The van der Waals surface area contributed by atoms with E-state index in [1.165, 1.54) is 19.3 Å². The van der Waals surface area contributed by atoms with Gasteiger partial charge in [0.25, 0.3) is 0 Å². The lowest BCUT2D eigenvalue weighted by Crippen LogP contribution is -2.55. The van der Waals surface area contributed by atoms with Crippen LogP contribution in [0.15, 0.2) is 17.4 Å². The molecule has 31 heavy (non-hydrogen) atoms. The van der Waals surface area contributed by atoms with E-state index in [-0.39, 0.29) is 29.9 Å². The van der Waals surface area contributed by atoms with Gasteiger partial charge in [0.15, 0.2) is 5.96 Å². The van der Waals surface area contributed by atoms with Crippen LogP contribution in [0.2, 0.25) is 0 Å². The van der Waals surface area contributed by atoms with Crippen LogP contribution in [-0.2, 0) is 31.2 Å². The second-order valence-electron chi connectivity index (χ2n) is 7.91. The highest BCUT2D eigenvalue weighted by Crippen LogP contribution is 2.17. The quantitative estimate of drug-likeness (QED) is 0.265. The molecule has 4 rings (SSSR count). The van der Waals surface area contributed by atoms with Crippen molar-refractivity contribution in [2.24, 2.45) is 12.0 Å². The summed E-state index contributed by atoms with van der Waals surface area (Å²) in [4.78, 5) is 20.8. The molecule has 0 bridgehead atoms. The summed E-state index contributed by atoms with van der Waals surface area (Å²) in [5, 5.41) is 16.3. The predicted octanol–water partition coefficient (Wildman–Crippen LogP) is 1.21. The Morgan fingerprint density at radius 1 is 1.19 bits per heavy atom. The summed E-state index contributed by atoms with van der Waals surface area (Å²) in [7, 11) is 3.62. The van der Waals surface area contributed by atoms with Crippen molar-refractivity contribution in [1.82, 2.24) is 34.8 Å². The Balaban J connectivity index is 0.00000272. The zero-order valence-electron chi connectivity index (χ0n) is 18.3. The number of anilines is 1. The number of aromatic nitrogens is 5. The van der Waals surface area contributed by atoms with Gasteiger partial charge in [0.2, 0.25) is 5.91 Å². The van der Waals surface area contributed by atoms with Crippen molar-refractivity contribution in [1.29, 1.82) is 0 Å². The lowest BCUT2D eigenvalue weighted by molar-refractivity contribution is -0.120. The maximum atomic E-state index is 12.6. The van der Waals surface area contributed by atoms with Crippen molar-refractivity contribution in [3.8, 4) is 0 Å². The van der Waals surface area contributed by atoms with Gasteiger partial charge in [-0.3, -0.25) is 14.5 Å². The largest absolute Gasteiger partial charge is 0.356 e. The number of piperazine rings is 1. The standard InChI is InChI=1S/C20H31N9O.HI/c1-21-20(27-11-12-28(19(30)15-27)16-13-23-26(2)14-16)22-9-6-8-18-25-24-17-7-4-3-5-10-29(17)18;/h13-14H,3-12,15H2,1-2H3,(H,21,22);1H. The van der Waals surface area contributed by atoms with Crippen LogP contribution in [-0.4, -0.2) is 74.5 Å². The summed E-state index contributed by atoms with van der Waals surface area (Å²) in [5.41, 5.74) is 0.845. The number of carbonyl (C=O) groups is 1. The minimum atomic E-state index is 0. The van der Waals surface area contributed by atoms with Gasteiger partial charge in [-0.1, -0.05) is 6.42 Å². The fourth-order valence-corrected chi connectivity index (χ4v) is 4.18. The Bertz CT molecular complexity index is 906. The molecule has 2 aromatic heterocycles. The molecule has 4 heterocycles. The first-order valence-corrected chi connectivity index (χ1v) is 10.8. The van der Waals surface area contributed by atoms with Crippen LogP contribution in [0.3, 0.4) is 0 Å². The number of rotatable bonds is 5. The molecule has 0 unspecified atom stereocenters. The molecule has 1 amide bonds. The number of fused-ring (bicyclic) bond motifs is 1. The fraction of sp³-hybridized carbons (Fsp3) is 0.650. The zero-order chi connectivity index (χ0) is 20.9. The molecule has 1 N–H and O–H groups in total. The summed E-state index contributed by atoms with van der Waals surface area (Å²) >= 11 is 0. The van der Waals surface area contributed by atoms with E-state index in [2.05, 4.69) is 30.2 Å². The molecule has 0 saturated carbocycles. The number of amides is 1. The highest BCUT2D eigenvalue weighted by atomic mass is 127. The van der Waals surface area contributed by atoms with Gasteiger partial charge in [0, 0.05) is 59.3 Å². The normalized spacial score (nSPS) is 17.2. The Labute approximate surface area is 200 Å². The molecule has 0 aromatic carbocycles. The zero-order valence-corrected chi connectivity index (χ0v) is 20.7. The van der Waals surface area contributed by atoms with E-state index in [1.807, 2.05) is 18.1 Å². The summed E-state index contributed by atoms with van der Waals surface area (Å²) in [6, 6.07) is 0. The Kier molecular flexibility index (Phi) is 8.27. The summed E-state index contributed by atoms with van der Waals surface area (Å²) in [6.07, 6.45) is 10.2. The average Bonchev–Trinajstić information content (AvgIpc) is 3.26. The lowest BCUT2D eigenvalue weighted by atomic mass is 10.2. The lowest BCUT2D eigenvalue weighted by Gasteiger charge is -2.35. The maximum absolute atomic E-state index is 12.6. The SMILES string of the molecule is CN=C(NCCCc1nnc2n1CCCCC2)N1CCN(c2cnn(C)c2)C(=O)C1.I. The van der Waals surface area contributed by atoms with Crippen LogP contribution < -0.4 is 10.2 Å². The van der Waals surface area contributed by atoms with E-state index >= 15 is 0 Å². The molecule has 0 atom stereocenters. The van der Waals surface area contributed by atoms with Gasteiger partial charge >= 0.3 is 0 Å². The highest BCUT2D eigenvalue weighted by Gasteiger charge is 2.27. The van der Waals surface area contributed by atoms with Crippen LogP contribution in [0.25, 0.3) is 0 Å². The number of nitrogens with one attached hydrogen (secondary N) is 1. The number of hydrogen-bond donors (Lipinski definition) is 1. The van der Waals surface area contributed by atoms with Crippen molar-refractivity contribution < 1.29 is 4.79 Å². The van der Waals surface area contributed by atoms with Crippen LogP contribution in [0, 0.1) is 0 Å². The minimum absolute atomic E-state index is 0. The van der Waals surface area contributed by atoms with E-state index in [0.717, 1.165) is 62.2 Å². The molecular weight excluding hydrogens is 509 g/mol. The first-order chi connectivity index (χ1) is 14.7. The molecule has 11 heteroatoms. The van der Waals surface area contributed by atoms with Crippen molar-refractivity contribution in [2.75, 3.05) is 38.1 Å². The molecule has 2 aliphatic heterocycles. The third kappa shape index (κ3) is 5.55. The van der Waals surface area contributed by atoms with Crippen molar-refractivity contribution in [3.63, 3.8) is 0 Å². The van der Waals surface area contributed by atoms with Gasteiger partial charge < -0.3 is 19.7 Å². The van der Waals surface area contributed by atoms with Gasteiger partial charge in [0.05, 0.1) is 11.9 Å². The number of carbonyl (C=O) groups excluding carboxylic acids is 1. The highest BCUT2D eigenvalue weighted by molar-refractivity contribution is 14.0. The van der Waals surface area contributed by atoms with Gasteiger partial charge in [-0.2, -0.15) is 5.10 Å². The number of hydrogen-bond acceptors (Lipinski definition) is 5. The van der Waals surface area contributed by atoms with E-state index in [0.29, 0.717) is 13.1 Å². The Morgan fingerprint density at radius 3 is 2.81 bits per heavy atom. The number of nitrogens with zero attached hydrogens (tertiary/aromatic N) is 8. The Hall–Kier alpha value is -2.18. The first kappa shape index (κ1) is 23.5. The van der Waals surface area contributed by atoms with Crippen LogP contribution in [0.4, 0.5) is 5.69 Å². The smallest absolute Gasteiger partial charge is 0.246 e. The number of aryl methyl sites for hydroxylation is 3. The minimum Gasteiger partial charge on any atom is -0.356 e. The molecule has 1 fully saturated rings. The summed E-state index contributed by atoms with van der Waals surface area (Å²) in [5.74, 6) is 3.05. The predicted molar refractivity (Wildman–Crippen MR) is 130 cm³/mol. The monoisotopic (exact) mass is 541 g/mol. The molecule has 0 spiro atoms. The van der Waals surface area contributed by atoms with Gasteiger partial charge in [-0.25, -0.2) is 0 Å². The number of aliphatic imine (C=N–C) groups is 1. The molecule has 170 valence electrons. The van der Waals surface area contributed by atoms with E-state index in [1.54, 1.807) is 22.8 Å². The number of guanidine groups is 1. The second kappa shape index (κ2) is 10.9. The van der Waals surface area contributed by atoms with Crippen molar-refractivity contribution in [3.05, 3.63) is 24.0 Å². The Morgan fingerprint density at radius 2 is 2.06 bits per heavy atom. The molecule has 2 aliphatic rings. The van der Waals surface area contributed by atoms with Crippen LogP contribution >= 0.6 is 24.0 Å². The van der Waals surface area contributed by atoms with E-state index in [9.17, 15) is 4.79 Å². The van der Waals surface area contributed by atoms with Crippen molar-refractivity contribution in [2.45, 2.75) is 45.1 Å². The molecule has 2 aromatic rings. The second-order valence-corrected chi connectivity index (χ2v) is 7.91. The molecular formula is C20H32IN9O. The third-order valence-electron chi connectivity index (χ3n) is 5.78. The van der Waals surface area contributed by atoms with Gasteiger partial charge in [-0.15, -0.1) is 34.2 Å². The van der Waals surface area contributed by atoms with E-state index in [4.69, 9.17) is 0 Å². The van der Waals surface area contributed by atoms with Crippen LogP contribution in [0.5, 0.6) is 0 Å². The van der Waals surface area contributed by atoms with Gasteiger partial charge in [0.1, 0.15) is 18.2 Å².